The van der Waals surface area contributed by atoms with Gasteiger partial charge in [0.25, 0.3) is 0 Å². The first kappa shape index (κ1) is 36.3. The van der Waals surface area contributed by atoms with E-state index in [4.69, 9.17) is 19.9 Å². The van der Waals surface area contributed by atoms with Crippen LogP contribution in [0.3, 0.4) is 0 Å². The number of nitrogens with zero attached hydrogens (tertiary/aromatic N) is 4. The van der Waals surface area contributed by atoms with E-state index in [2.05, 4.69) is 159 Å². The van der Waals surface area contributed by atoms with Crippen LogP contribution in [0.2, 0.25) is 0 Å². The van der Waals surface area contributed by atoms with Crippen molar-refractivity contribution in [3.05, 3.63) is 217 Å². The molecule has 0 spiro atoms. The first-order chi connectivity index (χ1) is 30.0. The number of hydrogen-bond donors (Lipinski definition) is 0. The first-order valence-corrected chi connectivity index (χ1v) is 20.8. The fourth-order valence-electron chi connectivity index (χ4n) is 8.99. The average molecular weight is 781 g/mol. The Morgan fingerprint density at radius 1 is 0.295 bits per heavy atom. The van der Waals surface area contributed by atoms with Gasteiger partial charge in [0.15, 0.2) is 17.5 Å². The van der Waals surface area contributed by atoms with Crippen LogP contribution in [0.4, 0.5) is 0 Å². The Kier molecular flexibility index (Phi) is 8.79. The highest BCUT2D eigenvalue weighted by atomic mass is 15.0. The lowest BCUT2D eigenvalue weighted by atomic mass is 9.82. The van der Waals surface area contributed by atoms with Gasteiger partial charge >= 0.3 is 0 Å². The molecule has 2 heterocycles. The van der Waals surface area contributed by atoms with Crippen LogP contribution in [-0.2, 0) is 5.41 Å². The molecule has 0 bridgehead atoms. The largest absolute Gasteiger partial charge is 0.248 e. The molecule has 0 aliphatic heterocycles. The Morgan fingerprint density at radius 3 is 1.43 bits per heavy atom. The highest BCUT2D eigenvalue weighted by Gasteiger charge is 2.36. The average Bonchev–Trinajstić information content (AvgIpc) is 3.56. The maximum absolute atomic E-state index is 5.48. The molecule has 0 saturated heterocycles. The highest BCUT2D eigenvalue weighted by Crippen LogP contribution is 2.51. The van der Waals surface area contributed by atoms with E-state index in [1.807, 2.05) is 60.7 Å². The summed E-state index contributed by atoms with van der Waals surface area (Å²) >= 11 is 0. The molecule has 0 amide bonds. The van der Waals surface area contributed by atoms with E-state index in [9.17, 15) is 0 Å². The standard InChI is InChI=1S/C57H40N4/c1-57(2)50-28-15-14-26-45(50)48-34-49-47(35-52(58-53(49)36-51(48)57)46-27-13-12-25-44(46)38-17-6-3-7-18-38)43-24-16-23-42(33-43)37-29-31-41(32-30-37)56-60-54(39-19-8-4-9-20-39)59-55(61-56)40-21-10-5-11-22-40/h3-36H,1-2H3. The summed E-state index contributed by atoms with van der Waals surface area (Å²) in [6, 6.07) is 72.7. The van der Waals surface area contributed by atoms with Crippen LogP contribution in [0.5, 0.6) is 0 Å². The Morgan fingerprint density at radius 2 is 0.787 bits per heavy atom. The molecule has 1 aliphatic rings. The maximum Gasteiger partial charge on any atom is 0.164 e. The zero-order chi connectivity index (χ0) is 40.9. The lowest BCUT2D eigenvalue weighted by molar-refractivity contribution is 0.661. The van der Waals surface area contributed by atoms with Gasteiger partial charge in [0.1, 0.15) is 0 Å². The lowest BCUT2D eigenvalue weighted by Crippen LogP contribution is -2.14. The van der Waals surface area contributed by atoms with E-state index in [0.717, 1.165) is 66.7 Å². The predicted molar refractivity (Wildman–Crippen MR) is 251 cm³/mol. The van der Waals surface area contributed by atoms with E-state index < -0.39 is 0 Å². The third kappa shape index (κ3) is 6.50. The van der Waals surface area contributed by atoms with Gasteiger partial charge in [-0.3, -0.25) is 0 Å². The second kappa shape index (κ2) is 14.8. The van der Waals surface area contributed by atoms with Gasteiger partial charge in [-0.15, -0.1) is 0 Å². The highest BCUT2D eigenvalue weighted by molar-refractivity contribution is 6.02. The smallest absolute Gasteiger partial charge is 0.164 e. The Balaban J connectivity index is 1.04. The fourth-order valence-corrected chi connectivity index (χ4v) is 8.99. The summed E-state index contributed by atoms with van der Waals surface area (Å²) in [6.45, 7) is 4.66. The molecule has 8 aromatic carbocycles. The zero-order valence-electron chi connectivity index (χ0n) is 33.9. The SMILES string of the molecule is CC1(C)c2ccccc2-c2cc3c(-c4cccc(-c5ccc(-c6nc(-c7ccccc7)nc(-c7ccccc7)n6)cc5)c4)cc(-c4ccccc4-c4ccccc4)nc3cc21. The molecule has 0 saturated carbocycles. The summed E-state index contributed by atoms with van der Waals surface area (Å²) < 4.78 is 0. The van der Waals surface area contributed by atoms with Gasteiger partial charge in [0.05, 0.1) is 11.2 Å². The van der Waals surface area contributed by atoms with Crippen molar-refractivity contribution in [1.29, 1.82) is 0 Å². The Hall–Kier alpha value is -7.82. The van der Waals surface area contributed by atoms with Gasteiger partial charge in [-0.1, -0.05) is 196 Å². The summed E-state index contributed by atoms with van der Waals surface area (Å²) in [5, 5.41) is 1.14. The fraction of sp³-hybridized carbons (Fsp3) is 0.0526. The normalized spacial score (nSPS) is 12.6. The van der Waals surface area contributed by atoms with Gasteiger partial charge in [0.2, 0.25) is 0 Å². The Bertz CT molecular complexity index is 3190. The summed E-state index contributed by atoms with van der Waals surface area (Å²) in [7, 11) is 0. The minimum Gasteiger partial charge on any atom is -0.248 e. The molecule has 4 heteroatoms. The van der Waals surface area contributed by atoms with Crippen LogP contribution in [0.1, 0.15) is 25.0 Å². The second-order valence-electron chi connectivity index (χ2n) is 16.2. The van der Waals surface area contributed by atoms with E-state index in [-0.39, 0.29) is 5.41 Å². The van der Waals surface area contributed by atoms with Crippen LogP contribution in [0, 0.1) is 0 Å². The lowest BCUT2D eigenvalue weighted by Gasteiger charge is -2.22. The molecule has 288 valence electrons. The molecule has 1 aliphatic carbocycles. The molecule has 11 rings (SSSR count). The topological polar surface area (TPSA) is 51.6 Å². The molecule has 10 aromatic rings. The molecule has 61 heavy (non-hydrogen) atoms. The quantitative estimate of drug-likeness (QED) is 0.162. The number of aromatic nitrogens is 4. The van der Waals surface area contributed by atoms with Crippen LogP contribution < -0.4 is 0 Å². The summed E-state index contributed by atoms with van der Waals surface area (Å²) in [4.78, 5) is 20.3. The molecule has 0 N–H and O–H groups in total. The third-order valence-corrected chi connectivity index (χ3v) is 12.1. The third-order valence-electron chi connectivity index (χ3n) is 12.1. The van der Waals surface area contributed by atoms with E-state index in [1.54, 1.807) is 0 Å². The summed E-state index contributed by atoms with van der Waals surface area (Å²) in [5.74, 6) is 1.93. The van der Waals surface area contributed by atoms with Gasteiger partial charge < -0.3 is 0 Å². The minimum atomic E-state index is -0.139. The van der Waals surface area contributed by atoms with E-state index in [0.29, 0.717) is 17.5 Å². The van der Waals surface area contributed by atoms with Crippen molar-refractivity contribution >= 4 is 10.9 Å². The van der Waals surface area contributed by atoms with Crippen LogP contribution >= 0.6 is 0 Å². The van der Waals surface area contributed by atoms with Crippen LogP contribution in [0.25, 0.3) is 101 Å². The van der Waals surface area contributed by atoms with Gasteiger partial charge in [-0.05, 0) is 79.9 Å². The van der Waals surface area contributed by atoms with Gasteiger partial charge in [0, 0.05) is 33.1 Å². The predicted octanol–water partition coefficient (Wildman–Crippen LogP) is 14.4. The van der Waals surface area contributed by atoms with Crippen molar-refractivity contribution < 1.29 is 0 Å². The second-order valence-corrected chi connectivity index (χ2v) is 16.2. The molecular weight excluding hydrogens is 741 g/mol. The van der Waals surface area contributed by atoms with Crippen molar-refractivity contribution in [2.24, 2.45) is 0 Å². The molecule has 0 radical (unpaired) electrons. The Labute approximate surface area is 356 Å². The number of rotatable bonds is 7. The van der Waals surface area contributed by atoms with Crippen molar-refractivity contribution in [3.63, 3.8) is 0 Å². The number of benzene rings is 8. The number of fused-ring (bicyclic) bond motifs is 4. The van der Waals surface area contributed by atoms with Crippen molar-refractivity contribution in [3.8, 4) is 89.9 Å². The summed E-state index contributed by atoms with van der Waals surface area (Å²) in [5.41, 5.74) is 17.8. The van der Waals surface area contributed by atoms with Crippen LogP contribution in [0.15, 0.2) is 206 Å². The monoisotopic (exact) mass is 780 g/mol. The zero-order valence-corrected chi connectivity index (χ0v) is 33.9. The van der Waals surface area contributed by atoms with E-state index in [1.165, 1.54) is 27.8 Å². The number of pyridine rings is 1. The van der Waals surface area contributed by atoms with E-state index >= 15 is 0 Å². The minimum absolute atomic E-state index is 0.139. The van der Waals surface area contributed by atoms with Crippen molar-refractivity contribution in [2.75, 3.05) is 0 Å². The molecule has 0 unspecified atom stereocenters. The maximum atomic E-state index is 5.48. The van der Waals surface area contributed by atoms with Crippen molar-refractivity contribution in [1.82, 2.24) is 19.9 Å². The molecule has 4 nitrogen and oxygen atoms in total. The first-order valence-electron chi connectivity index (χ1n) is 20.8. The van der Waals surface area contributed by atoms with Crippen molar-refractivity contribution in [2.45, 2.75) is 19.3 Å². The molecule has 2 aromatic heterocycles. The van der Waals surface area contributed by atoms with Gasteiger partial charge in [-0.2, -0.15) is 0 Å². The van der Waals surface area contributed by atoms with Gasteiger partial charge in [-0.25, -0.2) is 19.9 Å². The molecule has 0 atom stereocenters. The summed E-state index contributed by atoms with van der Waals surface area (Å²) in [6.07, 6.45) is 0. The molecule has 0 fully saturated rings. The number of hydrogen-bond acceptors (Lipinski definition) is 4. The van der Waals surface area contributed by atoms with Crippen LogP contribution in [-0.4, -0.2) is 19.9 Å². The molecular formula is C57H40N4.